The van der Waals surface area contributed by atoms with Crippen LogP contribution in [0.25, 0.3) is 6.08 Å². The van der Waals surface area contributed by atoms with Crippen LogP contribution in [0.2, 0.25) is 0 Å². The fraction of sp³-hybridized carbons (Fsp3) is 0.500. The molecule has 0 bridgehead atoms. The Hall–Kier alpha value is -2.23. The van der Waals surface area contributed by atoms with E-state index < -0.39 is 10.0 Å². The number of morpholine rings is 1. The number of hydrogen-bond donors (Lipinski definition) is 0. The van der Waals surface area contributed by atoms with Crippen LogP contribution >= 0.6 is 0 Å². The molecule has 0 aromatic heterocycles. The lowest BCUT2D eigenvalue weighted by Crippen LogP contribution is -2.50. The minimum Gasteiger partial charge on any atom is -0.379 e. The summed E-state index contributed by atoms with van der Waals surface area (Å²) in [6, 6.07) is 6.50. The average molecular weight is 422 g/mol. The highest BCUT2D eigenvalue weighted by Gasteiger charge is 2.26. The van der Waals surface area contributed by atoms with E-state index in [-0.39, 0.29) is 16.7 Å². The zero-order chi connectivity index (χ0) is 20.9. The Morgan fingerprint density at radius 1 is 0.966 bits per heavy atom. The Labute approximate surface area is 171 Å². The minimum atomic E-state index is -3.52. The largest absolute Gasteiger partial charge is 0.379 e. The molecule has 158 valence electrons. The summed E-state index contributed by atoms with van der Waals surface area (Å²) in [6.45, 7) is 5.51. The molecule has 9 heteroatoms. The molecule has 1 aromatic rings. The molecule has 0 radical (unpaired) electrons. The standard InChI is InChI=1S/C20H27N3O5S/c1-2-19(24)21-9-11-22(12-10-21)20(25)8-5-17-3-6-18(7-4-17)29(26,27)23-13-15-28-16-14-23/h3-8H,2,9-16H2,1H3/b8-5+. The first-order valence-corrected chi connectivity index (χ1v) is 11.3. The van der Waals surface area contributed by atoms with E-state index >= 15 is 0 Å². The molecule has 0 aliphatic carbocycles. The van der Waals surface area contributed by atoms with E-state index in [0.717, 1.165) is 5.56 Å². The fourth-order valence-electron chi connectivity index (χ4n) is 3.36. The normalized spacial score (nSPS) is 18.9. The number of piperazine rings is 1. The van der Waals surface area contributed by atoms with Gasteiger partial charge in [0.05, 0.1) is 18.1 Å². The van der Waals surface area contributed by atoms with Gasteiger partial charge >= 0.3 is 0 Å². The van der Waals surface area contributed by atoms with Crippen molar-refractivity contribution in [3.63, 3.8) is 0 Å². The summed E-state index contributed by atoms with van der Waals surface area (Å²) in [5.74, 6) is -0.00151. The molecule has 2 aliphatic heterocycles. The van der Waals surface area contributed by atoms with Crippen LogP contribution in [-0.4, -0.2) is 86.8 Å². The van der Waals surface area contributed by atoms with Gasteiger partial charge in [-0.1, -0.05) is 19.1 Å². The topological polar surface area (TPSA) is 87.2 Å². The number of amides is 2. The average Bonchev–Trinajstić information content (AvgIpc) is 2.78. The van der Waals surface area contributed by atoms with Crippen LogP contribution in [0.5, 0.6) is 0 Å². The van der Waals surface area contributed by atoms with Gasteiger partial charge in [0, 0.05) is 51.8 Å². The van der Waals surface area contributed by atoms with E-state index in [1.165, 1.54) is 10.4 Å². The van der Waals surface area contributed by atoms with E-state index in [2.05, 4.69) is 0 Å². The molecule has 2 aliphatic rings. The highest BCUT2D eigenvalue weighted by molar-refractivity contribution is 7.89. The Morgan fingerprint density at radius 2 is 1.55 bits per heavy atom. The van der Waals surface area contributed by atoms with Crippen molar-refractivity contribution in [3.05, 3.63) is 35.9 Å². The minimum absolute atomic E-state index is 0.111. The van der Waals surface area contributed by atoms with Crippen molar-refractivity contribution in [2.24, 2.45) is 0 Å². The molecule has 1 aromatic carbocycles. The third-order valence-corrected chi connectivity index (χ3v) is 7.07. The maximum absolute atomic E-state index is 12.6. The highest BCUT2D eigenvalue weighted by Crippen LogP contribution is 2.18. The molecule has 29 heavy (non-hydrogen) atoms. The van der Waals surface area contributed by atoms with Crippen LogP contribution < -0.4 is 0 Å². The Kier molecular flexibility index (Phi) is 7.05. The van der Waals surface area contributed by atoms with Crippen molar-refractivity contribution in [2.75, 3.05) is 52.5 Å². The molecule has 2 heterocycles. The van der Waals surface area contributed by atoms with Crippen molar-refractivity contribution in [3.8, 4) is 0 Å². The Balaban J connectivity index is 1.57. The first kappa shape index (κ1) is 21.5. The number of rotatable bonds is 5. The Morgan fingerprint density at radius 3 is 2.14 bits per heavy atom. The Bertz CT molecular complexity index is 853. The van der Waals surface area contributed by atoms with Crippen molar-refractivity contribution in [2.45, 2.75) is 18.2 Å². The van der Waals surface area contributed by atoms with Crippen LogP contribution in [0.1, 0.15) is 18.9 Å². The number of sulfonamides is 1. The molecule has 2 amide bonds. The van der Waals surface area contributed by atoms with E-state index in [0.29, 0.717) is 58.9 Å². The molecule has 3 rings (SSSR count). The number of carbonyl (C=O) groups excluding carboxylic acids is 2. The molecule has 0 unspecified atom stereocenters. The highest BCUT2D eigenvalue weighted by atomic mass is 32.2. The lowest BCUT2D eigenvalue weighted by atomic mass is 10.2. The van der Waals surface area contributed by atoms with Gasteiger partial charge in [-0.05, 0) is 23.8 Å². The number of nitrogens with zero attached hydrogens (tertiary/aromatic N) is 3. The molecule has 0 atom stereocenters. The van der Waals surface area contributed by atoms with Crippen molar-refractivity contribution in [1.82, 2.24) is 14.1 Å². The smallest absolute Gasteiger partial charge is 0.246 e. The number of ether oxygens (including phenoxy) is 1. The second-order valence-electron chi connectivity index (χ2n) is 6.98. The van der Waals surface area contributed by atoms with Crippen LogP contribution in [0.15, 0.2) is 35.2 Å². The zero-order valence-corrected chi connectivity index (χ0v) is 17.4. The molecular weight excluding hydrogens is 394 g/mol. The van der Waals surface area contributed by atoms with Gasteiger partial charge in [-0.2, -0.15) is 4.31 Å². The van der Waals surface area contributed by atoms with Gasteiger partial charge < -0.3 is 14.5 Å². The lowest BCUT2D eigenvalue weighted by Gasteiger charge is -2.34. The van der Waals surface area contributed by atoms with Crippen molar-refractivity contribution >= 4 is 27.9 Å². The number of carbonyl (C=O) groups is 2. The van der Waals surface area contributed by atoms with Gasteiger partial charge in [0.1, 0.15) is 0 Å². The molecule has 0 spiro atoms. The SMILES string of the molecule is CCC(=O)N1CCN(C(=O)/C=C/c2ccc(S(=O)(=O)N3CCOCC3)cc2)CC1. The first-order valence-electron chi connectivity index (χ1n) is 9.84. The summed E-state index contributed by atoms with van der Waals surface area (Å²) in [5, 5.41) is 0. The van der Waals surface area contributed by atoms with E-state index in [4.69, 9.17) is 4.74 Å². The number of hydrogen-bond acceptors (Lipinski definition) is 5. The van der Waals surface area contributed by atoms with E-state index in [9.17, 15) is 18.0 Å². The third kappa shape index (κ3) is 5.23. The van der Waals surface area contributed by atoms with Gasteiger partial charge in [-0.3, -0.25) is 9.59 Å². The maximum atomic E-state index is 12.6. The van der Waals surface area contributed by atoms with Crippen LogP contribution in [0, 0.1) is 0 Å². The summed E-state index contributed by atoms with van der Waals surface area (Å²) in [5.41, 5.74) is 0.749. The molecule has 0 N–H and O–H groups in total. The summed E-state index contributed by atoms with van der Waals surface area (Å²) >= 11 is 0. The summed E-state index contributed by atoms with van der Waals surface area (Å²) in [4.78, 5) is 27.8. The zero-order valence-electron chi connectivity index (χ0n) is 16.6. The predicted octanol–water partition coefficient (Wildman–Crippen LogP) is 0.802. The van der Waals surface area contributed by atoms with E-state index in [1.54, 1.807) is 40.1 Å². The summed E-state index contributed by atoms with van der Waals surface area (Å²) in [6.07, 6.45) is 3.64. The van der Waals surface area contributed by atoms with Crippen LogP contribution in [0.4, 0.5) is 0 Å². The lowest BCUT2D eigenvalue weighted by molar-refractivity contribution is -0.136. The monoisotopic (exact) mass is 421 g/mol. The third-order valence-electron chi connectivity index (χ3n) is 5.15. The van der Waals surface area contributed by atoms with Gasteiger partial charge in [-0.25, -0.2) is 8.42 Å². The number of benzene rings is 1. The molecule has 8 nitrogen and oxygen atoms in total. The van der Waals surface area contributed by atoms with Crippen LogP contribution in [-0.2, 0) is 24.3 Å². The van der Waals surface area contributed by atoms with Crippen LogP contribution in [0.3, 0.4) is 0 Å². The molecule has 2 saturated heterocycles. The quantitative estimate of drug-likeness (QED) is 0.657. The van der Waals surface area contributed by atoms with Gasteiger partial charge in [0.25, 0.3) is 0 Å². The maximum Gasteiger partial charge on any atom is 0.246 e. The second kappa shape index (κ2) is 9.51. The first-order chi connectivity index (χ1) is 13.9. The van der Waals surface area contributed by atoms with E-state index in [1.807, 2.05) is 6.92 Å². The summed E-state index contributed by atoms with van der Waals surface area (Å²) in [7, 11) is -3.52. The molecular formula is C20H27N3O5S. The molecule has 2 fully saturated rings. The summed E-state index contributed by atoms with van der Waals surface area (Å²) < 4.78 is 31.9. The predicted molar refractivity (Wildman–Crippen MR) is 109 cm³/mol. The molecule has 0 saturated carbocycles. The van der Waals surface area contributed by atoms with Gasteiger partial charge in [-0.15, -0.1) is 0 Å². The van der Waals surface area contributed by atoms with Crippen molar-refractivity contribution in [1.29, 1.82) is 0 Å². The van der Waals surface area contributed by atoms with Crippen molar-refractivity contribution < 1.29 is 22.7 Å². The second-order valence-corrected chi connectivity index (χ2v) is 8.92. The fourth-order valence-corrected chi connectivity index (χ4v) is 4.77. The van der Waals surface area contributed by atoms with Gasteiger partial charge in [0.15, 0.2) is 0 Å². The van der Waals surface area contributed by atoms with Gasteiger partial charge in [0.2, 0.25) is 21.8 Å².